The average molecular weight is 227 g/mol. The number of hydrogen-bond acceptors (Lipinski definition) is 6. The minimum atomic E-state index is -3.14. The topological polar surface area (TPSA) is 96.9 Å². The van der Waals surface area contributed by atoms with Crippen LogP contribution in [-0.4, -0.2) is 24.8 Å². The summed E-state index contributed by atoms with van der Waals surface area (Å²) in [5.41, 5.74) is 0. The summed E-state index contributed by atoms with van der Waals surface area (Å²) >= 11 is 0. The van der Waals surface area contributed by atoms with E-state index in [0.717, 1.165) is 12.7 Å². The third kappa shape index (κ3) is 2.33. The van der Waals surface area contributed by atoms with E-state index in [9.17, 15) is 8.42 Å². The van der Waals surface area contributed by atoms with Gasteiger partial charge in [-0.1, -0.05) is 5.16 Å². The van der Waals surface area contributed by atoms with Crippen LogP contribution < -0.4 is 0 Å². The van der Waals surface area contributed by atoms with Gasteiger partial charge in [-0.25, -0.2) is 8.42 Å². The predicted molar refractivity (Wildman–Crippen MR) is 49.3 cm³/mol. The van der Waals surface area contributed by atoms with E-state index in [2.05, 4.69) is 16.2 Å². The molecule has 1 fully saturated rings. The van der Waals surface area contributed by atoms with E-state index in [4.69, 9.17) is 9.78 Å². The van der Waals surface area contributed by atoms with Crippen molar-refractivity contribution in [2.75, 3.05) is 6.26 Å². The van der Waals surface area contributed by atoms with Gasteiger partial charge in [-0.15, -0.1) is 0 Å². The van der Waals surface area contributed by atoms with E-state index in [0.29, 0.717) is 5.89 Å². The molecule has 0 N–H and O–H groups in total. The summed E-state index contributed by atoms with van der Waals surface area (Å²) in [5.74, 6) is 0.254. The summed E-state index contributed by atoms with van der Waals surface area (Å²) < 4.78 is 26.8. The zero-order valence-corrected chi connectivity index (χ0v) is 8.86. The van der Waals surface area contributed by atoms with Crippen LogP contribution in [0.25, 0.3) is 0 Å². The Morgan fingerprint density at radius 1 is 1.67 bits per heavy atom. The van der Waals surface area contributed by atoms with Gasteiger partial charge in [-0.2, -0.15) is 10.2 Å². The molecular formula is C8H9N3O3S. The normalized spacial score (nSPS) is 24.8. The fourth-order valence-electron chi connectivity index (χ4n) is 1.32. The zero-order chi connectivity index (χ0) is 11.1. The van der Waals surface area contributed by atoms with E-state index in [-0.39, 0.29) is 23.4 Å². The van der Waals surface area contributed by atoms with E-state index >= 15 is 0 Å². The molecule has 80 valence electrons. The highest BCUT2D eigenvalue weighted by molar-refractivity contribution is 7.89. The maximum absolute atomic E-state index is 10.9. The van der Waals surface area contributed by atoms with Gasteiger partial charge in [0.25, 0.3) is 0 Å². The minimum absolute atomic E-state index is 0.00388. The van der Waals surface area contributed by atoms with Gasteiger partial charge in [-0.3, -0.25) is 0 Å². The van der Waals surface area contributed by atoms with Crippen molar-refractivity contribution in [2.45, 2.75) is 18.1 Å². The molecule has 2 unspecified atom stereocenters. The molecule has 1 saturated carbocycles. The standard InChI is InChI=1S/C8H9N3O3S/c1-15(12,13)4-7-10-8(14-11-7)6-2-5(6)3-9/h5-6H,2,4H2,1H3. The van der Waals surface area contributed by atoms with Crippen LogP contribution in [0.3, 0.4) is 0 Å². The molecule has 1 heterocycles. The van der Waals surface area contributed by atoms with Gasteiger partial charge in [0.2, 0.25) is 5.89 Å². The molecule has 0 bridgehead atoms. The van der Waals surface area contributed by atoms with Crippen LogP contribution in [0, 0.1) is 17.2 Å². The number of nitrogens with zero attached hydrogens (tertiary/aromatic N) is 3. The molecule has 0 aromatic carbocycles. The Hall–Kier alpha value is -1.42. The van der Waals surface area contributed by atoms with Crippen LogP contribution in [0.2, 0.25) is 0 Å². The van der Waals surface area contributed by atoms with E-state index in [1.54, 1.807) is 0 Å². The largest absolute Gasteiger partial charge is 0.339 e. The quantitative estimate of drug-likeness (QED) is 0.733. The van der Waals surface area contributed by atoms with Gasteiger partial charge >= 0.3 is 0 Å². The molecule has 1 aliphatic carbocycles. The molecule has 1 aromatic rings. The fraction of sp³-hybridized carbons (Fsp3) is 0.625. The first kappa shape index (κ1) is 10.1. The van der Waals surface area contributed by atoms with Crippen molar-refractivity contribution in [1.82, 2.24) is 10.1 Å². The lowest BCUT2D eigenvalue weighted by molar-refractivity contribution is 0.373. The van der Waals surface area contributed by atoms with Gasteiger partial charge in [0.15, 0.2) is 15.7 Å². The van der Waals surface area contributed by atoms with Crippen molar-refractivity contribution in [2.24, 2.45) is 5.92 Å². The second-order valence-corrected chi connectivity index (χ2v) is 5.84. The number of rotatable bonds is 3. The van der Waals surface area contributed by atoms with E-state index < -0.39 is 9.84 Å². The first-order valence-electron chi connectivity index (χ1n) is 4.39. The number of hydrogen-bond donors (Lipinski definition) is 0. The summed E-state index contributed by atoms with van der Waals surface area (Å²) in [7, 11) is -3.14. The molecule has 0 radical (unpaired) electrons. The molecule has 0 spiro atoms. The van der Waals surface area contributed by atoms with Crippen molar-refractivity contribution in [3.8, 4) is 6.07 Å². The summed E-state index contributed by atoms with van der Waals surface area (Å²) in [6, 6.07) is 2.10. The first-order valence-corrected chi connectivity index (χ1v) is 6.45. The Labute approximate surface area is 86.8 Å². The average Bonchev–Trinajstić information content (AvgIpc) is 2.78. The lowest BCUT2D eigenvalue weighted by Gasteiger charge is -1.88. The maximum Gasteiger partial charge on any atom is 0.231 e. The van der Waals surface area contributed by atoms with Crippen molar-refractivity contribution in [3.05, 3.63) is 11.7 Å². The fourth-order valence-corrected chi connectivity index (χ4v) is 1.91. The molecular weight excluding hydrogens is 218 g/mol. The van der Waals surface area contributed by atoms with Gasteiger partial charge in [-0.05, 0) is 6.42 Å². The summed E-state index contributed by atoms with van der Waals surface area (Å²) in [5, 5.41) is 12.2. The van der Waals surface area contributed by atoms with Crippen molar-refractivity contribution < 1.29 is 12.9 Å². The van der Waals surface area contributed by atoms with Crippen molar-refractivity contribution in [1.29, 1.82) is 5.26 Å². The zero-order valence-electron chi connectivity index (χ0n) is 8.04. The molecule has 1 aromatic heterocycles. The maximum atomic E-state index is 10.9. The summed E-state index contributed by atoms with van der Waals surface area (Å²) in [6.07, 6.45) is 1.83. The molecule has 0 aliphatic heterocycles. The minimum Gasteiger partial charge on any atom is -0.339 e. The molecule has 0 saturated heterocycles. The van der Waals surface area contributed by atoms with Gasteiger partial charge < -0.3 is 4.52 Å². The molecule has 6 nitrogen and oxygen atoms in total. The summed E-state index contributed by atoms with van der Waals surface area (Å²) in [4.78, 5) is 3.95. The van der Waals surface area contributed by atoms with Crippen molar-refractivity contribution in [3.63, 3.8) is 0 Å². The molecule has 0 amide bonds. The van der Waals surface area contributed by atoms with Gasteiger partial charge in [0.1, 0.15) is 5.75 Å². The predicted octanol–water partition coefficient (Wildman–Crippen LogP) is 0.241. The molecule has 2 rings (SSSR count). The van der Waals surface area contributed by atoms with Crippen LogP contribution in [-0.2, 0) is 15.6 Å². The lowest BCUT2D eigenvalue weighted by Crippen LogP contribution is -2.02. The Bertz CT molecular complexity index is 513. The number of sulfone groups is 1. The third-order valence-electron chi connectivity index (χ3n) is 2.15. The second kappa shape index (κ2) is 3.31. The second-order valence-electron chi connectivity index (χ2n) is 3.70. The monoisotopic (exact) mass is 227 g/mol. The highest BCUT2D eigenvalue weighted by Gasteiger charge is 2.43. The van der Waals surface area contributed by atoms with Crippen molar-refractivity contribution >= 4 is 9.84 Å². The Balaban J connectivity index is 2.09. The van der Waals surface area contributed by atoms with Crippen LogP contribution >= 0.6 is 0 Å². The van der Waals surface area contributed by atoms with Crippen LogP contribution in [0.1, 0.15) is 24.1 Å². The lowest BCUT2D eigenvalue weighted by atomic mass is 10.3. The van der Waals surface area contributed by atoms with E-state index in [1.807, 2.05) is 0 Å². The highest BCUT2D eigenvalue weighted by Crippen LogP contribution is 2.45. The smallest absolute Gasteiger partial charge is 0.231 e. The van der Waals surface area contributed by atoms with Crippen LogP contribution in [0.5, 0.6) is 0 Å². The Morgan fingerprint density at radius 3 is 2.93 bits per heavy atom. The third-order valence-corrected chi connectivity index (χ3v) is 2.93. The highest BCUT2D eigenvalue weighted by atomic mass is 32.2. The van der Waals surface area contributed by atoms with Gasteiger partial charge in [0, 0.05) is 6.26 Å². The van der Waals surface area contributed by atoms with Crippen LogP contribution in [0.4, 0.5) is 0 Å². The Kier molecular flexibility index (Phi) is 2.23. The van der Waals surface area contributed by atoms with E-state index in [1.165, 1.54) is 0 Å². The van der Waals surface area contributed by atoms with Gasteiger partial charge in [0.05, 0.1) is 17.9 Å². The summed E-state index contributed by atoms with van der Waals surface area (Å²) in [6.45, 7) is 0. The first-order chi connectivity index (χ1) is 6.99. The molecule has 2 atom stereocenters. The molecule has 1 aliphatic rings. The Morgan fingerprint density at radius 2 is 2.40 bits per heavy atom. The molecule has 15 heavy (non-hydrogen) atoms. The molecule has 7 heteroatoms. The van der Waals surface area contributed by atoms with Crippen LogP contribution in [0.15, 0.2) is 4.52 Å². The number of aromatic nitrogens is 2. The number of nitriles is 1. The SMILES string of the molecule is CS(=O)(=O)Cc1noc(C2CC2C#N)n1.